The molecule has 5 heteroatoms. The van der Waals surface area contributed by atoms with E-state index in [9.17, 15) is 14.7 Å². The fourth-order valence-corrected chi connectivity index (χ4v) is 2.61. The molecule has 2 N–H and O–H groups in total. The molecule has 0 radical (unpaired) electrons. The number of amides is 1. The van der Waals surface area contributed by atoms with Gasteiger partial charge in [0.2, 0.25) is 5.91 Å². The third kappa shape index (κ3) is 4.56. The number of carboxylic acid groups (broad SMARTS) is 1. The Balaban J connectivity index is 1.92. The zero-order valence-electron chi connectivity index (χ0n) is 12.1. The lowest BCUT2D eigenvalue weighted by atomic mass is 10.1. The van der Waals surface area contributed by atoms with Crippen molar-refractivity contribution in [1.29, 1.82) is 0 Å². The molecule has 1 unspecified atom stereocenters. The summed E-state index contributed by atoms with van der Waals surface area (Å²) in [5, 5.41) is 12.2. The van der Waals surface area contributed by atoms with Gasteiger partial charge in [-0.15, -0.1) is 0 Å². The minimum Gasteiger partial charge on any atom is -0.480 e. The van der Waals surface area contributed by atoms with Crippen molar-refractivity contribution in [1.82, 2.24) is 10.2 Å². The smallest absolute Gasteiger partial charge is 0.325 e. The fraction of sp³-hybridized carbons (Fsp3) is 0.500. The van der Waals surface area contributed by atoms with E-state index < -0.39 is 12.0 Å². The molecule has 1 amide bonds. The van der Waals surface area contributed by atoms with Gasteiger partial charge in [-0.2, -0.15) is 0 Å². The number of carboxylic acids is 1. The summed E-state index contributed by atoms with van der Waals surface area (Å²) < 4.78 is 0. The van der Waals surface area contributed by atoms with E-state index in [1.807, 2.05) is 11.0 Å². The number of likely N-dealkylation sites (tertiary alicyclic amines) is 1. The summed E-state index contributed by atoms with van der Waals surface area (Å²) in [5.74, 6) is -0.982. The van der Waals surface area contributed by atoms with Crippen LogP contribution >= 0.6 is 0 Å². The van der Waals surface area contributed by atoms with Gasteiger partial charge in [0.25, 0.3) is 0 Å². The first kappa shape index (κ1) is 15.5. The molecule has 1 heterocycles. The SMILES string of the molecule is O=C(O)C(NCC(=O)N1CCCCCC1)c1ccccc1. The molecule has 1 aliphatic heterocycles. The zero-order valence-corrected chi connectivity index (χ0v) is 12.1. The average molecular weight is 290 g/mol. The van der Waals surface area contributed by atoms with Gasteiger partial charge in [-0.25, -0.2) is 0 Å². The maximum atomic E-state index is 12.2. The molecule has 1 aromatic carbocycles. The van der Waals surface area contributed by atoms with Crippen LogP contribution in [-0.2, 0) is 9.59 Å². The Bertz CT molecular complexity index is 468. The van der Waals surface area contributed by atoms with E-state index in [0.29, 0.717) is 5.56 Å². The van der Waals surface area contributed by atoms with Crippen molar-refractivity contribution in [2.24, 2.45) is 0 Å². The van der Waals surface area contributed by atoms with Gasteiger partial charge in [0.15, 0.2) is 0 Å². The molecule has 5 nitrogen and oxygen atoms in total. The van der Waals surface area contributed by atoms with Crippen LogP contribution in [0.15, 0.2) is 30.3 Å². The molecule has 1 saturated heterocycles. The van der Waals surface area contributed by atoms with Crippen LogP contribution in [0.5, 0.6) is 0 Å². The second-order valence-corrected chi connectivity index (χ2v) is 5.36. The molecule has 21 heavy (non-hydrogen) atoms. The van der Waals surface area contributed by atoms with Crippen LogP contribution in [0.4, 0.5) is 0 Å². The van der Waals surface area contributed by atoms with Crippen molar-refractivity contribution in [3.8, 4) is 0 Å². The summed E-state index contributed by atoms with van der Waals surface area (Å²) in [7, 11) is 0. The summed E-state index contributed by atoms with van der Waals surface area (Å²) in [6.45, 7) is 1.62. The summed E-state index contributed by atoms with van der Waals surface area (Å²) in [5.41, 5.74) is 0.661. The third-order valence-corrected chi connectivity index (χ3v) is 3.80. The van der Waals surface area contributed by atoms with Crippen molar-refractivity contribution in [2.45, 2.75) is 31.7 Å². The van der Waals surface area contributed by atoms with Crippen molar-refractivity contribution in [3.63, 3.8) is 0 Å². The standard InChI is InChI=1S/C16H22N2O3/c19-14(18-10-6-1-2-7-11-18)12-17-15(16(20)21)13-8-4-3-5-9-13/h3-5,8-9,15,17H,1-2,6-7,10-12H2,(H,20,21). The Kier molecular flexibility index (Phi) is 5.75. The molecule has 2 rings (SSSR count). The number of nitrogens with zero attached hydrogens (tertiary/aromatic N) is 1. The lowest BCUT2D eigenvalue weighted by molar-refractivity contribution is -0.140. The highest BCUT2D eigenvalue weighted by Gasteiger charge is 2.22. The molecular weight excluding hydrogens is 268 g/mol. The highest BCUT2D eigenvalue weighted by Crippen LogP contribution is 2.13. The molecule has 0 saturated carbocycles. The first-order chi connectivity index (χ1) is 10.2. The monoisotopic (exact) mass is 290 g/mol. The van der Waals surface area contributed by atoms with Crippen molar-refractivity contribution in [2.75, 3.05) is 19.6 Å². The Morgan fingerprint density at radius 2 is 1.71 bits per heavy atom. The molecule has 0 bridgehead atoms. The van der Waals surface area contributed by atoms with Crippen LogP contribution < -0.4 is 5.32 Å². The molecule has 1 aliphatic rings. The van der Waals surface area contributed by atoms with Crippen LogP contribution in [0.25, 0.3) is 0 Å². The van der Waals surface area contributed by atoms with Gasteiger partial charge in [0, 0.05) is 13.1 Å². The number of rotatable bonds is 5. The van der Waals surface area contributed by atoms with Crippen molar-refractivity contribution < 1.29 is 14.7 Å². The minimum atomic E-state index is -0.968. The van der Waals surface area contributed by atoms with Gasteiger partial charge in [-0.1, -0.05) is 43.2 Å². The number of nitrogens with one attached hydrogen (secondary N) is 1. The van der Waals surface area contributed by atoms with E-state index in [1.165, 1.54) is 12.8 Å². The Morgan fingerprint density at radius 3 is 2.29 bits per heavy atom. The highest BCUT2D eigenvalue weighted by atomic mass is 16.4. The Labute approximate surface area is 125 Å². The molecular formula is C16H22N2O3. The quantitative estimate of drug-likeness (QED) is 0.867. The minimum absolute atomic E-state index is 0.0147. The predicted molar refractivity (Wildman–Crippen MR) is 79.9 cm³/mol. The molecule has 1 fully saturated rings. The number of hydrogen-bond acceptors (Lipinski definition) is 3. The number of aliphatic carboxylic acids is 1. The van der Waals surface area contributed by atoms with E-state index in [-0.39, 0.29) is 12.5 Å². The summed E-state index contributed by atoms with van der Waals surface area (Å²) >= 11 is 0. The van der Waals surface area contributed by atoms with Crippen LogP contribution in [0.3, 0.4) is 0 Å². The second-order valence-electron chi connectivity index (χ2n) is 5.36. The topological polar surface area (TPSA) is 69.6 Å². The van der Waals surface area contributed by atoms with E-state index in [1.54, 1.807) is 24.3 Å². The summed E-state index contributed by atoms with van der Waals surface area (Å²) in [4.78, 5) is 25.4. The largest absolute Gasteiger partial charge is 0.480 e. The zero-order chi connectivity index (χ0) is 15.1. The molecule has 0 spiro atoms. The van der Waals surface area contributed by atoms with Crippen LogP contribution in [0.1, 0.15) is 37.3 Å². The lowest BCUT2D eigenvalue weighted by Crippen LogP contribution is -2.41. The number of carbonyl (C=O) groups is 2. The number of benzene rings is 1. The maximum absolute atomic E-state index is 12.2. The van der Waals surface area contributed by atoms with Crippen molar-refractivity contribution in [3.05, 3.63) is 35.9 Å². The van der Waals surface area contributed by atoms with Crippen LogP contribution in [0.2, 0.25) is 0 Å². The fourth-order valence-electron chi connectivity index (χ4n) is 2.61. The molecule has 1 aromatic rings. The third-order valence-electron chi connectivity index (χ3n) is 3.80. The Morgan fingerprint density at radius 1 is 1.10 bits per heavy atom. The normalized spacial score (nSPS) is 17.0. The molecule has 1 atom stereocenters. The summed E-state index contributed by atoms with van der Waals surface area (Å²) in [6.07, 6.45) is 4.40. The van der Waals surface area contributed by atoms with E-state index in [2.05, 4.69) is 5.32 Å². The van der Waals surface area contributed by atoms with Gasteiger partial charge < -0.3 is 10.0 Å². The number of hydrogen-bond donors (Lipinski definition) is 2. The highest BCUT2D eigenvalue weighted by molar-refractivity contribution is 5.80. The first-order valence-corrected chi connectivity index (χ1v) is 7.47. The predicted octanol–water partition coefficient (Wildman–Crippen LogP) is 1.80. The summed E-state index contributed by atoms with van der Waals surface area (Å²) in [6, 6.07) is 8.09. The van der Waals surface area contributed by atoms with Gasteiger partial charge in [0.05, 0.1) is 6.54 Å². The molecule has 0 aliphatic carbocycles. The van der Waals surface area contributed by atoms with Gasteiger partial charge in [-0.05, 0) is 18.4 Å². The second kappa shape index (κ2) is 7.78. The van der Waals surface area contributed by atoms with E-state index in [4.69, 9.17) is 0 Å². The van der Waals surface area contributed by atoms with Crippen LogP contribution in [0, 0.1) is 0 Å². The van der Waals surface area contributed by atoms with Gasteiger partial charge in [-0.3, -0.25) is 14.9 Å². The Hall–Kier alpha value is -1.88. The van der Waals surface area contributed by atoms with E-state index in [0.717, 1.165) is 25.9 Å². The molecule has 0 aromatic heterocycles. The molecule has 114 valence electrons. The van der Waals surface area contributed by atoms with Crippen LogP contribution in [-0.4, -0.2) is 41.5 Å². The first-order valence-electron chi connectivity index (χ1n) is 7.47. The van der Waals surface area contributed by atoms with E-state index >= 15 is 0 Å². The lowest BCUT2D eigenvalue weighted by Gasteiger charge is -2.22. The number of carbonyl (C=O) groups excluding carboxylic acids is 1. The van der Waals surface area contributed by atoms with Gasteiger partial charge >= 0.3 is 5.97 Å². The average Bonchev–Trinajstić information content (AvgIpc) is 2.77. The van der Waals surface area contributed by atoms with Crippen molar-refractivity contribution >= 4 is 11.9 Å². The van der Waals surface area contributed by atoms with Gasteiger partial charge in [0.1, 0.15) is 6.04 Å². The maximum Gasteiger partial charge on any atom is 0.325 e.